The molecule has 1 amide bonds. The molecule has 1 aromatic carbocycles. The zero-order valence-electron chi connectivity index (χ0n) is 14.2. The van der Waals surface area contributed by atoms with E-state index in [1.165, 1.54) is 18.2 Å². The summed E-state index contributed by atoms with van der Waals surface area (Å²) in [5.74, 6) is -3.79. The largest absolute Gasteiger partial charge is 0.488 e. The van der Waals surface area contributed by atoms with Crippen LogP contribution in [0.1, 0.15) is 16.8 Å². The highest BCUT2D eigenvalue weighted by molar-refractivity contribution is 6.27. The lowest BCUT2D eigenvalue weighted by molar-refractivity contribution is -0.159. The number of fused-ring (bicyclic) bond motifs is 1. The SMILES string of the molecule is CN(C)CCC1CN(C)C(=O)c2cc(F)ccc2O1.O=C(O)C(=O)O. The molecular formula is C16H21FN2O6. The number of halogens is 1. The first kappa shape index (κ1) is 20.4. The van der Waals surface area contributed by atoms with Crippen molar-refractivity contribution in [3.63, 3.8) is 0 Å². The van der Waals surface area contributed by atoms with Gasteiger partial charge in [0, 0.05) is 13.6 Å². The van der Waals surface area contributed by atoms with Gasteiger partial charge in [-0.15, -0.1) is 0 Å². The summed E-state index contributed by atoms with van der Waals surface area (Å²) in [5, 5.41) is 14.8. The number of carbonyl (C=O) groups excluding carboxylic acids is 1. The van der Waals surface area contributed by atoms with E-state index in [0.717, 1.165) is 13.0 Å². The van der Waals surface area contributed by atoms with Gasteiger partial charge in [0.25, 0.3) is 5.91 Å². The lowest BCUT2D eigenvalue weighted by atomic mass is 10.2. The quantitative estimate of drug-likeness (QED) is 0.770. The molecule has 1 aromatic rings. The van der Waals surface area contributed by atoms with Gasteiger partial charge in [0.2, 0.25) is 0 Å². The van der Waals surface area contributed by atoms with E-state index >= 15 is 0 Å². The Kier molecular flexibility index (Phi) is 7.31. The molecule has 2 rings (SSSR count). The summed E-state index contributed by atoms with van der Waals surface area (Å²) in [4.78, 5) is 34.0. The first-order valence-electron chi connectivity index (χ1n) is 7.44. The van der Waals surface area contributed by atoms with E-state index < -0.39 is 17.8 Å². The average Bonchev–Trinajstić information content (AvgIpc) is 2.64. The summed E-state index contributed by atoms with van der Waals surface area (Å²) in [7, 11) is 5.71. The van der Waals surface area contributed by atoms with Gasteiger partial charge in [0.15, 0.2) is 0 Å². The Bertz CT molecular complexity index is 638. The zero-order valence-corrected chi connectivity index (χ0v) is 14.2. The minimum absolute atomic E-state index is 0.0666. The molecule has 1 atom stereocenters. The minimum atomic E-state index is -1.82. The predicted octanol–water partition coefficient (Wildman–Crippen LogP) is 0.766. The number of likely N-dealkylation sites (N-methyl/N-ethyl adjacent to an activating group) is 1. The standard InChI is InChI=1S/C14H19FN2O2.C2H2O4/c1-16(2)7-6-11-9-17(3)14(18)12-8-10(15)4-5-13(12)19-11;3-1(4)2(5)6/h4-5,8,11H,6-7,9H2,1-3H3;(H,3,4)(H,5,6). The van der Waals surface area contributed by atoms with Gasteiger partial charge in [-0.25, -0.2) is 14.0 Å². The Hall–Kier alpha value is -2.68. The Morgan fingerprint density at radius 3 is 2.44 bits per heavy atom. The molecule has 0 fully saturated rings. The normalized spacial score (nSPS) is 16.3. The number of ether oxygens (including phenoxy) is 1. The second-order valence-corrected chi connectivity index (χ2v) is 5.77. The van der Waals surface area contributed by atoms with Crippen molar-refractivity contribution in [2.24, 2.45) is 0 Å². The molecule has 0 aromatic heterocycles. The van der Waals surface area contributed by atoms with Crippen molar-refractivity contribution in [3.8, 4) is 5.75 Å². The number of rotatable bonds is 3. The van der Waals surface area contributed by atoms with E-state index in [0.29, 0.717) is 17.9 Å². The number of carboxylic acid groups (broad SMARTS) is 2. The lowest BCUT2D eigenvalue weighted by Gasteiger charge is -2.22. The molecule has 0 spiro atoms. The third-order valence-corrected chi connectivity index (χ3v) is 3.37. The first-order chi connectivity index (χ1) is 11.6. The van der Waals surface area contributed by atoms with Crippen LogP contribution in [0.3, 0.4) is 0 Å². The molecule has 1 heterocycles. The van der Waals surface area contributed by atoms with Crippen LogP contribution in [0.5, 0.6) is 5.75 Å². The van der Waals surface area contributed by atoms with Crippen LogP contribution in [0.25, 0.3) is 0 Å². The van der Waals surface area contributed by atoms with Crippen LogP contribution in [0.4, 0.5) is 4.39 Å². The number of hydrogen-bond acceptors (Lipinski definition) is 5. The van der Waals surface area contributed by atoms with Gasteiger partial charge >= 0.3 is 11.9 Å². The van der Waals surface area contributed by atoms with Crippen molar-refractivity contribution in [1.82, 2.24) is 9.80 Å². The molecular weight excluding hydrogens is 335 g/mol. The third-order valence-electron chi connectivity index (χ3n) is 3.37. The summed E-state index contributed by atoms with van der Waals surface area (Å²) in [5.41, 5.74) is 0.301. The molecule has 0 radical (unpaired) electrons. The number of carboxylic acids is 2. The second kappa shape index (κ2) is 8.97. The van der Waals surface area contributed by atoms with E-state index in [4.69, 9.17) is 24.5 Å². The Morgan fingerprint density at radius 2 is 1.92 bits per heavy atom. The minimum Gasteiger partial charge on any atom is -0.488 e. The van der Waals surface area contributed by atoms with Crippen molar-refractivity contribution in [2.45, 2.75) is 12.5 Å². The van der Waals surface area contributed by atoms with Crippen LogP contribution in [-0.2, 0) is 9.59 Å². The molecule has 1 aliphatic heterocycles. The van der Waals surface area contributed by atoms with E-state index in [2.05, 4.69) is 4.90 Å². The van der Waals surface area contributed by atoms with Crippen LogP contribution >= 0.6 is 0 Å². The van der Waals surface area contributed by atoms with E-state index in [1.807, 2.05) is 14.1 Å². The Morgan fingerprint density at radius 1 is 1.32 bits per heavy atom. The van der Waals surface area contributed by atoms with E-state index in [1.54, 1.807) is 11.9 Å². The number of amides is 1. The van der Waals surface area contributed by atoms with Gasteiger partial charge in [-0.3, -0.25) is 4.79 Å². The van der Waals surface area contributed by atoms with Gasteiger partial charge in [-0.2, -0.15) is 0 Å². The highest BCUT2D eigenvalue weighted by atomic mass is 19.1. The monoisotopic (exact) mass is 356 g/mol. The molecule has 2 N–H and O–H groups in total. The smallest absolute Gasteiger partial charge is 0.414 e. The van der Waals surface area contributed by atoms with Gasteiger partial charge in [-0.1, -0.05) is 0 Å². The van der Waals surface area contributed by atoms with Gasteiger partial charge in [0.1, 0.15) is 17.7 Å². The Labute approximate surface area is 144 Å². The summed E-state index contributed by atoms with van der Waals surface area (Å²) in [6, 6.07) is 4.09. The summed E-state index contributed by atoms with van der Waals surface area (Å²) >= 11 is 0. The molecule has 0 saturated carbocycles. The van der Waals surface area contributed by atoms with Crippen LogP contribution in [-0.4, -0.2) is 78.2 Å². The number of hydrogen-bond donors (Lipinski definition) is 2. The Balaban J connectivity index is 0.000000450. The molecule has 0 aliphatic carbocycles. The van der Waals surface area contributed by atoms with Crippen molar-refractivity contribution in [2.75, 3.05) is 34.2 Å². The average molecular weight is 356 g/mol. The molecule has 25 heavy (non-hydrogen) atoms. The summed E-state index contributed by atoms with van der Waals surface area (Å²) in [6.45, 7) is 1.40. The molecule has 9 heteroatoms. The van der Waals surface area contributed by atoms with Crippen molar-refractivity contribution in [3.05, 3.63) is 29.6 Å². The van der Waals surface area contributed by atoms with E-state index in [9.17, 15) is 9.18 Å². The summed E-state index contributed by atoms with van der Waals surface area (Å²) in [6.07, 6.45) is 0.754. The highest BCUT2D eigenvalue weighted by Gasteiger charge is 2.26. The second-order valence-electron chi connectivity index (χ2n) is 5.77. The van der Waals surface area contributed by atoms with Crippen molar-refractivity contribution in [1.29, 1.82) is 0 Å². The molecule has 1 unspecified atom stereocenters. The number of nitrogens with zero attached hydrogens (tertiary/aromatic N) is 2. The van der Waals surface area contributed by atoms with Gasteiger partial charge in [-0.05, 0) is 38.7 Å². The number of carbonyl (C=O) groups is 3. The fourth-order valence-corrected chi connectivity index (χ4v) is 2.14. The summed E-state index contributed by atoms with van der Waals surface area (Å²) < 4.78 is 19.1. The van der Waals surface area contributed by atoms with Crippen LogP contribution < -0.4 is 4.74 Å². The topological polar surface area (TPSA) is 107 Å². The molecule has 0 bridgehead atoms. The lowest BCUT2D eigenvalue weighted by Crippen LogP contribution is -2.35. The maximum atomic E-state index is 13.2. The maximum Gasteiger partial charge on any atom is 0.414 e. The van der Waals surface area contributed by atoms with Gasteiger partial charge in [0.05, 0.1) is 12.1 Å². The van der Waals surface area contributed by atoms with Crippen molar-refractivity contribution >= 4 is 17.8 Å². The fraction of sp³-hybridized carbons (Fsp3) is 0.438. The molecule has 0 saturated heterocycles. The van der Waals surface area contributed by atoms with Crippen LogP contribution in [0, 0.1) is 5.82 Å². The van der Waals surface area contributed by atoms with E-state index in [-0.39, 0.29) is 12.0 Å². The molecule has 1 aliphatic rings. The van der Waals surface area contributed by atoms with Crippen LogP contribution in [0.2, 0.25) is 0 Å². The van der Waals surface area contributed by atoms with Gasteiger partial charge < -0.3 is 24.7 Å². The van der Waals surface area contributed by atoms with Crippen LogP contribution in [0.15, 0.2) is 18.2 Å². The predicted molar refractivity (Wildman–Crippen MR) is 86.2 cm³/mol. The third kappa shape index (κ3) is 6.38. The maximum absolute atomic E-state index is 13.2. The molecule has 8 nitrogen and oxygen atoms in total. The highest BCUT2D eigenvalue weighted by Crippen LogP contribution is 2.26. The van der Waals surface area contributed by atoms with Crippen molar-refractivity contribution < 1.29 is 33.7 Å². The zero-order chi connectivity index (χ0) is 19.1. The fourth-order valence-electron chi connectivity index (χ4n) is 2.14. The molecule has 138 valence electrons. The number of benzene rings is 1. The number of aliphatic carboxylic acids is 2. The first-order valence-corrected chi connectivity index (χ1v) is 7.44.